The highest BCUT2D eigenvalue weighted by atomic mass is 35.5. The van der Waals surface area contributed by atoms with Gasteiger partial charge in [-0.1, -0.05) is 29.8 Å². The van der Waals surface area contributed by atoms with Crippen LogP contribution in [0.1, 0.15) is 11.6 Å². The fraction of sp³-hybridized carbons (Fsp3) is 0.143. The van der Waals surface area contributed by atoms with Gasteiger partial charge in [0.05, 0.1) is 6.04 Å². The van der Waals surface area contributed by atoms with Crippen LogP contribution in [0, 0.1) is 5.82 Å². The Morgan fingerprint density at radius 1 is 1.17 bits per heavy atom. The summed E-state index contributed by atoms with van der Waals surface area (Å²) in [5.41, 5.74) is 7.40. The second-order valence-corrected chi connectivity index (χ2v) is 4.43. The van der Waals surface area contributed by atoms with Gasteiger partial charge in [-0.15, -0.1) is 0 Å². The van der Waals surface area contributed by atoms with Crippen LogP contribution in [0.15, 0.2) is 48.5 Å². The maximum absolute atomic E-state index is 13.2. The number of rotatable bonds is 4. The zero-order chi connectivity index (χ0) is 13.0. The summed E-state index contributed by atoms with van der Waals surface area (Å²) in [4.78, 5) is 0. The van der Waals surface area contributed by atoms with Crippen molar-refractivity contribution in [1.29, 1.82) is 0 Å². The van der Waals surface area contributed by atoms with E-state index in [0.717, 1.165) is 11.3 Å². The normalized spacial score (nSPS) is 12.2. The van der Waals surface area contributed by atoms with Gasteiger partial charge in [-0.05, 0) is 35.9 Å². The Bertz CT molecular complexity index is 531. The fourth-order valence-electron chi connectivity index (χ4n) is 1.78. The summed E-state index contributed by atoms with van der Waals surface area (Å²) in [6.45, 7) is 0.371. The molecule has 1 unspecified atom stereocenters. The molecule has 3 N–H and O–H groups in total. The number of anilines is 1. The first kappa shape index (κ1) is 12.9. The van der Waals surface area contributed by atoms with E-state index in [9.17, 15) is 4.39 Å². The highest BCUT2D eigenvalue weighted by Crippen LogP contribution is 2.21. The lowest BCUT2D eigenvalue weighted by Gasteiger charge is -2.18. The van der Waals surface area contributed by atoms with Crippen molar-refractivity contribution in [2.24, 2.45) is 5.73 Å². The Morgan fingerprint density at radius 3 is 2.61 bits per heavy atom. The van der Waals surface area contributed by atoms with Crippen LogP contribution in [0.2, 0.25) is 5.02 Å². The number of halogens is 2. The Hall–Kier alpha value is -1.58. The van der Waals surface area contributed by atoms with Gasteiger partial charge in [-0.3, -0.25) is 0 Å². The summed E-state index contributed by atoms with van der Waals surface area (Å²) in [5, 5.41) is 3.89. The van der Waals surface area contributed by atoms with E-state index >= 15 is 0 Å². The monoisotopic (exact) mass is 264 g/mol. The van der Waals surface area contributed by atoms with Gasteiger partial charge >= 0.3 is 0 Å². The molecular weight excluding hydrogens is 251 g/mol. The van der Waals surface area contributed by atoms with Crippen molar-refractivity contribution in [2.75, 3.05) is 11.9 Å². The van der Waals surface area contributed by atoms with Gasteiger partial charge < -0.3 is 11.1 Å². The molecule has 18 heavy (non-hydrogen) atoms. The fourth-order valence-corrected chi connectivity index (χ4v) is 1.97. The molecule has 0 aliphatic carbocycles. The third-order valence-electron chi connectivity index (χ3n) is 2.65. The quantitative estimate of drug-likeness (QED) is 0.886. The zero-order valence-electron chi connectivity index (χ0n) is 9.74. The minimum atomic E-state index is -0.265. The molecule has 0 aliphatic heterocycles. The van der Waals surface area contributed by atoms with Crippen LogP contribution >= 0.6 is 11.6 Å². The van der Waals surface area contributed by atoms with E-state index < -0.39 is 0 Å². The molecule has 0 aliphatic rings. The first-order valence-corrected chi connectivity index (χ1v) is 6.04. The molecule has 0 spiro atoms. The molecule has 2 aromatic rings. The largest absolute Gasteiger partial charge is 0.377 e. The standard InChI is InChI=1S/C14H14ClFN2/c15-11-4-2-6-13(8-11)18-14(9-17)10-3-1-5-12(16)7-10/h1-8,14,18H,9,17H2. The predicted molar refractivity (Wildman–Crippen MR) is 73.3 cm³/mol. The molecule has 2 aromatic carbocycles. The molecule has 0 bridgehead atoms. The van der Waals surface area contributed by atoms with Crippen molar-refractivity contribution < 1.29 is 4.39 Å². The lowest BCUT2D eigenvalue weighted by atomic mass is 10.1. The molecule has 0 heterocycles. The summed E-state index contributed by atoms with van der Waals surface area (Å²) in [5.74, 6) is -0.265. The molecule has 0 aromatic heterocycles. The lowest BCUT2D eigenvalue weighted by molar-refractivity contribution is 0.622. The molecule has 2 nitrogen and oxygen atoms in total. The highest BCUT2D eigenvalue weighted by Gasteiger charge is 2.10. The first-order chi connectivity index (χ1) is 8.69. The van der Waals surface area contributed by atoms with E-state index in [1.165, 1.54) is 12.1 Å². The van der Waals surface area contributed by atoms with Gasteiger partial charge in [0.2, 0.25) is 0 Å². The molecule has 1 atom stereocenters. The van der Waals surface area contributed by atoms with E-state index in [4.69, 9.17) is 17.3 Å². The number of benzene rings is 2. The molecule has 4 heteroatoms. The van der Waals surface area contributed by atoms with E-state index in [2.05, 4.69) is 5.32 Å². The maximum Gasteiger partial charge on any atom is 0.123 e. The van der Waals surface area contributed by atoms with Gasteiger partial charge in [0.1, 0.15) is 5.82 Å². The summed E-state index contributed by atoms with van der Waals surface area (Å²) in [6, 6.07) is 13.6. The molecule has 0 fully saturated rings. The first-order valence-electron chi connectivity index (χ1n) is 5.66. The topological polar surface area (TPSA) is 38.0 Å². The minimum Gasteiger partial charge on any atom is -0.377 e. The second-order valence-electron chi connectivity index (χ2n) is 4.00. The molecule has 2 rings (SSSR count). The van der Waals surface area contributed by atoms with Crippen LogP contribution in [0.3, 0.4) is 0 Å². The average Bonchev–Trinajstić information content (AvgIpc) is 2.36. The highest BCUT2D eigenvalue weighted by molar-refractivity contribution is 6.30. The van der Waals surface area contributed by atoms with E-state index in [0.29, 0.717) is 11.6 Å². The molecule has 0 amide bonds. The van der Waals surface area contributed by atoms with Gasteiger partial charge in [-0.2, -0.15) is 0 Å². The minimum absolute atomic E-state index is 0.140. The van der Waals surface area contributed by atoms with E-state index in [1.807, 2.05) is 24.3 Å². The van der Waals surface area contributed by atoms with Gasteiger partial charge in [0.15, 0.2) is 0 Å². The van der Waals surface area contributed by atoms with Crippen LogP contribution in [0.4, 0.5) is 10.1 Å². The van der Waals surface area contributed by atoms with Crippen molar-refractivity contribution in [2.45, 2.75) is 6.04 Å². The third-order valence-corrected chi connectivity index (χ3v) is 2.89. The van der Waals surface area contributed by atoms with Gasteiger partial charge in [0.25, 0.3) is 0 Å². The molecule has 0 saturated carbocycles. The van der Waals surface area contributed by atoms with Crippen LogP contribution in [0.5, 0.6) is 0 Å². The zero-order valence-corrected chi connectivity index (χ0v) is 10.5. The van der Waals surface area contributed by atoms with Crippen LogP contribution in [0.25, 0.3) is 0 Å². The summed E-state index contributed by atoms with van der Waals surface area (Å²) < 4.78 is 13.2. The smallest absolute Gasteiger partial charge is 0.123 e. The Labute approximate surface area is 111 Å². The Balaban J connectivity index is 2.19. The summed E-state index contributed by atoms with van der Waals surface area (Å²) in [6.07, 6.45) is 0. The van der Waals surface area contributed by atoms with Crippen molar-refractivity contribution in [3.8, 4) is 0 Å². The Kier molecular flexibility index (Phi) is 4.18. The maximum atomic E-state index is 13.2. The molecule has 94 valence electrons. The van der Waals surface area contributed by atoms with Crippen LogP contribution < -0.4 is 11.1 Å². The molecular formula is C14H14ClFN2. The average molecular weight is 265 g/mol. The van der Waals surface area contributed by atoms with Crippen molar-refractivity contribution in [3.63, 3.8) is 0 Å². The Morgan fingerprint density at radius 2 is 1.94 bits per heavy atom. The number of nitrogens with one attached hydrogen (secondary N) is 1. The number of hydrogen-bond donors (Lipinski definition) is 2. The third kappa shape index (κ3) is 3.22. The van der Waals surface area contributed by atoms with Crippen LogP contribution in [-0.4, -0.2) is 6.54 Å². The summed E-state index contributed by atoms with van der Waals surface area (Å²) in [7, 11) is 0. The van der Waals surface area contributed by atoms with Crippen molar-refractivity contribution in [1.82, 2.24) is 0 Å². The number of nitrogens with two attached hydrogens (primary N) is 1. The summed E-state index contributed by atoms with van der Waals surface area (Å²) >= 11 is 5.91. The van der Waals surface area contributed by atoms with Crippen molar-refractivity contribution in [3.05, 3.63) is 64.9 Å². The SMILES string of the molecule is NCC(Nc1cccc(Cl)c1)c1cccc(F)c1. The lowest BCUT2D eigenvalue weighted by Crippen LogP contribution is -2.20. The molecule has 0 saturated heterocycles. The molecule has 0 radical (unpaired) electrons. The van der Waals surface area contributed by atoms with Gasteiger partial charge in [0, 0.05) is 17.3 Å². The predicted octanol–water partition coefficient (Wildman–Crippen LogP) is 3.59. The number of hydrogen-bond acceptors (Lipinski definition) is 2. The van der Waals surface area contributed by atoms with E-state index in [-0.39, 0.29) is 11.9 Å². The van der Waals surface area contributed by atoms with Crippen LogP contribution in [-0.2, 0) is 0 Å². The van der Waals surface area contributed by atoms with E-state index in [1.54, 1.807) is 12.1 Å². The second kappa shape index (κ2) is 5.85. The van der Waals surface area contributed by atoms with Crippen molar-refractivity contribution >= 4 is 17.3 Å². The van der Waals surface area contributed by atoms with Gasteiger partial charge in [-0.25, -0.2) is 4.39 Å².